The zero-order chi connectivity index (χ0) is 24.7. The second kappa shape index (κ2) is 11.3. The SMILES string of the molecule is CC(C)C[C@H](NC(=O)C1O[C@H]1C(=O)NCC(N)=O)C(=O)N[C@@H](Cc1ccc(O)cc1)C(N)=O. The van der Waals surface area contributed by atoms with Gasteiger partial charge in [-0.15, -0.1) is 0 Å². The van der Waals surface area contributed by atoms with Crippen molar-refractivity contribution < 1.29 is 33.8 Å². The molecule has 1 fully saturated rings. The van der Waals surface area contributed by atoms with E-state index in [1.807, 2.05) is 13.8 Å². The lowest BCUT2D eigenvalue weighted by molar-refractivity contribution is -0.132. The summed E-state index contributed by atoms with van der Waals surface area (Å²) in [5, 5.41) is 16.7. The number of rotatable bonds is 12. The highest BCUT2D eigenvalue weighted by atomic mass is 16.6. The van der Waals surface area contributed by atoms with Gasteiger partial charge in [-0.1, -0.05) is 26.0 Å². The molecule has 0 aliphatic carbocycles. The van der Waals surface area contributed by atoms with Crippen molar-refractivity contribution in [2.45, 2.75) is 51.0 Å². The van der Waals surface area contributed by atoms with Gasteiger partial charge in [-0.05, 0) is 30.0 Å². The van der Waals surface area contributed by atoms with E-state index >= 15 is 0 Å². The van der Waals surface area contributed by atoms with E-state index in [0.717, 1.165) is 0 Å². The van der Waals surface area contributed by atoms with Gasteiger partial charge in [0, 0.05) is 6.42 Å². The molecule has 0 bridgehead atoms. The number of aromatic hydroxyl groups is 1. The first-order chi connectivity index (χ1) is 15.5. The molecule has 1 aromatic rings. The van der Waals surface area contributed by atoms with Crippen molar-refractivity contribution in [2.24, 2.45) is 17.4 Å². The number of carbonyl (C=O) groups excluding carboxylic acids is 5. The quantitative estimate of drug-likeness (QED) is 0.188. The molecule has 5 amide bonds. The van der Waals surface area contributed by atoms with E-state index in [4.69, 9.17) is 16.2 Å². The first-order valence-corrected chi connectivity index (χ1v) is 10.4. The van der Waals surface area contributed by atoms with Gasteiger partial charge in [0.25, 0.3) is 11.8 Å². The molecule has 1 unspecified atom stereocenters. The summed E-state index contributed by atoms with van der Waals surface area (Å²) in [6, 6.07) is 4.04. The second-order valence-corrected chi connectivity index (χ2v) is 8.19. The van der Waals surface area contributed by atoms with Gasteiger partial charge in [-0.25, -0.2) is 0 Å². The van der Waals surface area contributed by atoms with E-state index in [2.05, 4.69) is 16.0 Å². The van der Waals surface area contributed by atoms with Gasteiger partial charge in [-0.3, -0.25) is 24.0 Å². The minimum Gasteiger partial charge on any atom is -0.508 e. The van der Waals surface area contributed by atoms with Gasteiger partial charge in [0.05, 0.1) is 6.54 Å². The molecule has 0 saturated carbocycles. The Morgan fingerprint density at radius 1 is 0.970 bits per heavy atom. The van der Waals surface area contributed by atoms with Crippen molar-refractivity contribution in [3.05, 3.63) is 29.8 Å². The number of amides is 5. The summed E-state index contributed by atoms with van der Waals surface area (Å²) < 4.78 is 5.06. The van der Waals surface area contributed by atoms with Gasteiger partial charge in [0.15, 0.2) is 12.2 Å². The van der Waals surface area contributed by atoms with Gasteiger partial charge in [0.2, 0.25) is 17.7 Å². The third-order valence-electron chi connectivity index (χ3n) is 4.82. The highest BCUT2D eigenvalue weighted by Gasteiger charge is 2.51. The van der Waals surface area contributed by atoms with Gasteiger partial charge in [0.1, 0.15) is 17.8 Å². The molecule has 1 heterocycles. The number of phenolic OH excluding ortho intramolecular Hbond substituents is 1. The van der Waals surface area contributed by atoms with Crippen LogP contribution in [0.25, 0.3) is 0 Å². The lowest BCUT2D eigenvalue weighted by Gasteiger charge is -2.23. The van der Waals surface area contributed by atoms with E-state index in [1.54, 1.807) is 12.1 Å². The molecule has 0 radical (unpaired) electrons. The van der Waals surface area contributed by atoms with Crippen LogP contribution in [0.3, 0.4) is 0 Å². The number of benzene rings is 1. The molecule has 8 N–H and O–H groups in total. The van der Waals surface area contributed by atoms with Crippen LogP contribution in [-0.4, -0.2) is 65.5 Å². The molecule has 0 spiro atoms. The third-order valence-corrected chi connectivity index (χ3v) is 4.82. The molecule has 180 valence electrons. The smallest absolute Gasteiger partial charge is 0.253 e. The summed E-state index contributed by atoms with van der Waals surface area (Å²) in [5.41, 5.74) is 11.1. The fourth-order valence-electron chi connectivity index (χ4n) is 3.11. The molecular formula is C21H29N5O7. The van der Waals surface area contributed by atoms with Gasteiger partial charge >= 0.3 is 0 Å². The molecule has 1 aliphatic rings. The zero-order valence-electron chi connectivity index (χ0n) is 18.4. The average Bonchev–Trinajstić information content (AvgIpc) is 3.53. The van der Waals surface area contributed by atoms with Crippen LogP contribution < -0.4 is 27.4 Å². The summed E-state index contributed by atoms with van der Waals surface area (Å²) in [7, 11) is 0. The van der Waals surface area contributed by atoms with Gasteiger partial charge < -0.3 is 37.3 Å². The Balaban J connectivity index is 1.99. The fourth-order valence-corrected chi connectivity index (χ4v) is 3.11. The largest absolute Gasteiger partial charge is 0.508 e. The van der Waals surface area contributed by atoms with Gasteiger partial charge in [-0.2, -0.15) is 0 Å². The van der Waals surface area contributed by atoms with Crippen LogP contribution in [0.15, 0.2) is 24.3 Å². The molecule has 12 nitrogen and oxygen atoms in total. The third kappa shape index (κ3) is 8.07. The van der Waals surface area contributed by atoms with Crippen LogP contribution in [0, 0.1) is 5.92 Å². The van der Waals surface area contributed by atoms with Crippen LogP contribution in [-0.2, 0) is 35.1 Å². The molecule has 12 heteroatoms. The van der Waals surface area contributed by atoms with Crippen LogP contribution >= 0.6 is 0 Å². The molecule has 1 saturated heterocycles. The first kappa shape index (κ1) is 25.6. The lowest BCUT2D eigenvalue weighted by Crippen LogP contribution is -2.54. The van der Waals surface area contributed by atoms with Crippen molar-refractivity contribution >= 4 is 29.5 Å². The van der Waals surface area contributed by atoms with Crippen molar-refractivity contribution in [2.75, 3.05) is 6.54 Å². The Labute approximate surface area is 190 Å². The number of hydrogen-bond acceptors (Lipinski definition) is 7. The fraction of sp³-hybridized carbons (Fsp3) is 0.476. The number of hydrogen-bond donors (Lipinski definition) is 6. The van der Waals surface area contributed by atoms with Crippen LogP contribution in [0.1, 0.15) is 25.8 Å². The number of ether oxygens (including phenoxy) is 1. The predicted octanol–water partition coefficient (Wildman–Crippen LogP) is -2.20. The highest BCUT2D eigenvalue weighted by Crippen LogP contribution is 2.23. The summed E-state index contributed by atoms with van der Waals surface area (Å²) >= 11 is 0. The number of primary amides is 2. The second-order valence-electron chi connectivity index (χ2n) is 8.19. The normalized spacial score (nSPS) is 18.6. The highest BCUT2D eigenvalue weighted by molar-refractivity contribution is 5.98. The summed E-state index contributed by atoms with van der Waals surface area (Å²) in [6.07, 6.45) is -1.84. The minimum atomic E-state index is -1.11. The number of carbonyl (C=O) groups is 5. The van der Waals surface area contributed by atoms with Crippen LogP contribution in [0.2, 0.25) is 0 Å². The number of nitrogens with two attached hydrogens (primary N) is 2. The lowest BCUT2D eigenvalue weighted by atomic mass is 10.0. The number of nitrogens with one attached hydrogen (secondary N) is 3. The van der Waals surface area contributed by atoms with E-state index in [0.29, 0.717) is 5.56 Å². The van der Waals surface area contributed by atoms with Crippen LogP contribution in [0.4, 0.5) is 0 Å². The molecular weight excluding hydrogens is 434 g/mol. The first-order valence-electron chi connectivity index (χ1n) is 10.4. The number of phenols is 1. The maximum atomic E-state index is 12.9. The van der Waals surface area contributed by atoms with Crippen molar-refractivity contribution in [1.82, 2.24) is 16.0 Å². The molecule has 33 heavy (non-hydrogen) atoms. The monoisotopic (exact) mass is 463 g/mol. The Bertz CT molecular complexity index is 903. The molecule has 1 aromatic carbocycles. The zero-order valence-corrected chi connectivity index (χ0v) is 18.4. The summed E-state index contributed by atoms with van der Waals surface area (Å²) in [4.78, 5) is 59.9. The topological polar surface area (TPSA) is 206 Å². The maximum Gasteiger partial charge on any atom is 0.253 e. The Hall–Kier alpha value is -3.67. The Morgan fingerprint density at radius 2 is 1.58 bits per heavy atom. The van der Waals surface area contributed by atoms with Crippen molar-refractivity contribution in [1.29, 1.82) is 0 Å². The van der Waals surface area contributed by atoms with E-state index in [1.165, 1.54) is 12.1 Å². The molecule has 1 aliphatic heterocycles. The maximum absolute atomic E-state index is 12.9. The molecule has 4 atom stereocenters. The summed E-state index contributed by atoms with van der Waals surface area (Å²) in [5.74, 6) is -3.39. The van der Waals surface area contributed by atoms with E-state index in [9.17, 15) is 29.1 Å². The predicted molar refractivity (Wildman–Crippen MR) is 115 cm³/mol. The van der Waals surface area contributed by atoms with Crippen molar-refractivity contribution in [3.63, 3.8) is 0 Å². The standard InChI is InChI=1S/C21H29N5O7/c1-10(2)7-14(26-21(32)17-16(33-17)20(31)24-9-15(22)28)19(30)25-13(18(23)29)8-11-3-5-12(27)6-4-11/h3-6,10,13-14,16-17,27H,7-9H2,1-2H3,(H2,22,28)(H2,23,29)(H,24,31)(H,25,30)(H,26,32)/t13-,14-,16+,17?/m0/s1. The molecule has 0 aromatic heterocycles. The minimum absolute atomic E-state index is 0.0139. The Morgan fingerprint density at radius 3 is 2.12 bits per heavy atom. The number of epoxide rings is 1. The van der Waals surface area contributed by atoms with Crippen molar-refractivity contribution in [3.8, 4) is 5.75 Å². The van der Waals surface area contributed by atoms with E-state index in [-0.39, 0.29) is 31.1 Å². The van der Waals surface area contributed by atoms with Crippen LogP contribution in [0.5, 0.6) is 5.75 Å². The average molecular weight is 463 g/mol. The Kier molecular flexibility index (Phi) is 8.74. The molecule has 2 rings (SSSR count). The summed E-state index contributed by atoms with van der Waals surface area (Å²) in [6.45, 7) is 3.31. The van der Waals surface area contributed by atoms with E-state index < -0.39 is 53.8 Å².